The number of aliphatic hydroxyl groups is 2. The standard InChI is InChI=1S/C33H38Cl2N4O4S/c1-5-23-14-15-24(30(42)37-16-25(40)26(41)17-37)38(23)31(43)28-27(18(2)3)39-29(19-6-10-21(34)11-7-19)33(4,36-32(39)44-28)20-8-12-22(35)13-9-20/h6-13,18,23-26,29,40-41H,5,14-17H2,1-4H3/t23-,24+,25-,26+,29-,33+/m1/s1. The maximum absolute atomic E-state index is 14.6. The van der Waals surface area contributed by atoms with Gasteiger partial charge in [0.2, 0.25) is 5.91 Å². The molecule has 11 heteroatoms. The van der Waals surface area contributed by atoms with Crippen LogP contribution in [0.2, 0.25) is 10.0 Å². The number of aliphatic imine (C=N–C) groups is 1. The largest absolute Gasteiger partial charge is 0.388 e. The fourth-order valence-corrected chi connectivity index (χ4v) is 8.78. The van der Waals surface area contributed by atoms with Crippen molar-refractivity contribution in [2.75, 3.05) is 13.1 Å². The molecule has 4 aliphatic heterocycles. The molecular weight excluding hydrogens is 619 g/mol. The van der Waals surface area contributed by atoms with Crippen LogP contribution < -0.4 is 0 Å². The van der Waals surface area contributed by atoms with E-state index in [1.54, 1.807) is 4.90 Å². The predicted molar refractivity (Wildman–Crippen MR) is 174 cm³/mol. The first-order valence-corrected chi connectivity index (χ1v) is 16.8. The Kier molecular flexibility index (Phi) is 8.56. The maximum Gasteiger partial charge on any atom is 0.263 e. The van der Waals surface area contributed by atoms with E-state index in [-0.39, 0.29) is 42.9 Å². The third kappa shape index (κ3) is 5.24. The lowest BCUT2D eigenvalue weighted by Gasteiger charge is -2.37. The number of halogens is 2. The van der Waals surface area contributed by atoms with Crippen molar-refractivity contribution in [3.8, 4) is 0 Å². The predicted octanol–water partition coefficient (Wildman–Crippen LogP) is 5.57. The molecule has 0 unspecified atom stereocenters. The molecule has 2 fully saturated rings. The average Bonchev–Trinajstić information content (AvgIpc) is 3.74. The molecule has 0 aromatic heterocycles. The van der Waals surface area contributed by atoms with Crippen LogP contribution in [0.5, 0.6) is 0 Å². The number of benzene rings is 2. The number of thioether (sulfide) groups is 1. The van der Waals surface area contributed by atoms with Crippen LogP contribution >= 0.6 is 35.0 Å². The van der Waals surface area contributed by atoms with Gasteiger partial charge in [0.05, 0.1) is 18.2 Å². The molecule has 2 amide bonds. The van der Waals surface area contributed by atoms with Crippen LogP contribution in [0.4, 0.5) is 0 Å². The molecule has 6 rings (SSSR count). The first-order chi connectivity index (χ1) is 20.9. The molecule has 234 valence electrons. The summed E-state index contributed by atoms with van der Waals surface area (Å²) in [5.41, 5.74) is 2.23. The summed E-state index contributed by atoms with van der Waals surface area (Å²) in [5.74, 6) is -0.397. The topological polar surface area (TPSA) is 96.7 Å². The number of hydrogen-bond donors (Lipinski definition) is 2. The highest BCUT2D eigenvalue weighted by Crippen LogP contribution is 2.56. The normalized spacial score (nSPS) is 30.1. The Bertz CT molecular complexity index is 1500. The van der Waals surface area contributed by atoms with Crippen LogP contribution in [0.25, 0.3) is 0 Å². The molecule has 44 heavy (non-hydrogen) atoms. The van der Waals surface area contributed by atoms with Crippen molar-refractivity contribution in [3.63, 3.8) is 0 Å². The molecule has 4 heterocycles. The van der Waals surface area contributed by atoms with Crippen molar-refractivity contribution in [2.45, 2.75) is 82.8 Å². The van der Waals surface area contributed by atoms with Crippen molar-refractivity contribution in [1.29, 1.82) is 0 Å². The van der Waals surface area contributed by atoms with Crippen molar-refractivity contribution in [3.05, 3.63) is 80.3 Å². The zero-order valence-electron chi connectivity index (χ0n) is 25.3. The number of β-amino-alcohol motifs (C(OH)–C–C–N with tert-alkyl or cyclic N) is 2. The number of amidine groups is 1. The van der Waals surface area contributed by atoms with Crippen LogP contribution in [0.15, 0.2) is 64.1 Å². The Morgan fingerprint density at radius 1 is 1.00 bits per heavy atom. The van der Waals surface area contributed by atoms with Gasteiger partial charge in [0, 0.05) is 34.9 Å². The Balaban J connectivity index is 1.41. The lowest BCUT2D eigenvalue weighted by atomic mass is 9.81. The molecule has 6 atom stereocenters. The number of carbonyl (C=O) groups excluding carboxylic acids is 2. The van der Waals surface area contributed by atoms with Crippen molar-refractivity contribution in [2.24, 2.45) is 10.9 Å². The molecular formula is C33H38Cl2N4O4S. The number of carbonyl (C=O) groups is 2. The summed E-state index contributed by atoms with van der Waals surface area (Å²) < 4.78 is 0. The number of rotatable bonds is 6. The molecule has 2 saturated heterocycles. The van der Waals surface area contributed by atoms with Gasteiger partial charge in [-0.1, -0.05) is 68.2 Å². The molecule has 2 aromatic carbocycles. The number of likely N-dealkylation sites (tertiary alicyclic amines) is 2. The minimum absolute atomic E-state index is 0.0165. The van der Waals surface area contributed by atoms with Gasteiger partial charge in [-0.15, -0.1) is 0 Å². The SMILES string of the molecule is CC[C@@H]1CC[C@@H](C(=O)N2C[C@@H](O)[C@@H](O)C2)N1C(=O)C1=C(C(C)C)N2C(=N[C@@](C)(c3ccc(Cl)cc3)[C@H]2c2ccc(Cl)cc2)S1. The average molecular weight is 658 g/mol. The number of aliphatic hydroxyl groups excluding tert-OH is 2. The third-order valence-corrected chi connectivity index (χ3v) is 11.0. The van der Waals surface area contributed by atoms with Crippen molar-refractivity contribution in [1.82, 2.24) is 14.7 Å². The van der Waals surface area contributed by atoms with E-state index in [0.717, 1.165) is 34.8 Å². The van der Waals surface area contributed by atoms with E-state index in [9.17, 15) is 19.8 Å². The molecule has 2 N–H and O–H groups in total. The Morgan fingerprint density at radius 2 is 1.59 bits per heavy atom. The first-order valence-electron chi connectivity index (χ1n) is 15.2. The molecule has 0 spiro atoms. The van der Waals surface area contributed by atoms with E-state index in [0.29, 0.717) is 21.4 Å². The van der Waals surface area contributed by atoms with Gasteiger partial charge < -0.3 is 24.9 Å². The monoisotopic (exact) mass is 656 g/mol. The molecule has 8 nitrogen and oxygen atoms in total. The second-order valence-corrected chi connectivity index (χ2v) is 14.4. The molecule has 2 aromatic rings. The quantitative estimate of drug-likeness (QED) is 0.422. The van der Waals surface area contributed by atoms with Gasteiger partial charge in [0.15, 0.2) is 5.17 Å². The number of fused-ring (bicyclic) bond motifs is 1. The summed E-state index contributed by atoms with van der Waals surface area (Å²) >= 11 is 13.9. The van der Waals surface area contributed by atoms with Crippen LogP contribution in [-0.4, -0.2) is 79.3 Å². The number of amides is 2. The fourth-order valence-electron chi connectivity index (χ4n) is 7.18. The van der Waals surface area contributed by atoms with E-state index in [2.05, 4.69) is 25.7 Å². The van der Waals surface area contributed by atoms with Crippen LogP contribution in [0.3, 0.4) is 0 Å². The smallest absolute Gasteiger partial charge is 0.263 e. The van der Waals surface area contributed by atoms with Crippen LogP contribution in [-0.2, 0) is 15.1 Å². The fraction of sp³-hybridized carbons (Fsp3) is 0.485. The van der Waals surface area contributed by atoms with E-state index < -0.39 is 23.8 Å². The van der Waals surface area contributed by atoms with Gasteiger partial charge >= 0.3 is 0 Å². The Labute approximate surface area is 272 Å². The highest BCUT2D eigenvalue weighted by atomic mass is 35.5. The van der Waals surface area contributed by atoms with Gasteiger partial charge in [-0.05, 0) is 79.3 Å². The van der Waals surface area contributed by atoms with Crippen LogP contribution in [0, 0.1) is 5.92 Å². The zero-order chi connectivity index (χ0) is 31.5. The first kappa shape index (κ1) is 31.4. The summed E-state index contributed by atoms with van der Waals surface area (Å²) in [6.45, 7) is 8.46. The van der Waals surface area contributed by atoms with Gasteiger partial charge in [-0.2, -0.15) is 0 Å². The highest BCUT2D eigenvalue weighted by Gasteiger charge is 2.54. The Hall–Kier alpha value is -2.56. The summed E-state index contributed by atoms with van der Waals surface area (Å²) in [6, 6.07) is 14.6. The molecule has 0 bridgehead atoms. The van der Waals surface area contributed by atoms with Gasteiger partial charge in [0.25, 0.3) is 5.91 Å². The molecule has 0 radical (unpaired) electrons. The number of nitrogens with zero attached hydrogens (tertiary/aromatic N) is 4. The minimum Gasteiger partial charge on any atom is -0.388 e. The van der Waals surface area contributed by atoms with Crippen molar-refractivity contribution < 1.29 is 19.8 Å². The van der Waals surface area contributed by atoms with E-state index >= 15 is 0 Å². The van der Waals surface area contributed by atoms with E-state index in [4.69, 9.17) is 28.2 Å². The summed E-state index contributed by atoms with van der Waals surface area (Å²) in [4.78, 5) is 39.7. The molecule has 0 aliphatic carbocycles. The zero-order valence-corrected chi connectivity index (χ0v) is 27.6. The van der Waals surface area contributed by atoms with E-state index in [1.165, 1.54) is 16.7 Å². The van der Waals surface area contributed by atoms with Crippen LogP contribution in [0.1, 0.15) is 64.1 Å². The molecule has 0 saturated carbocycles. The number of hydrogen-bond acceptors (Lipinski definition) is 7. The summed E-state index contributed by atoms with van der Waals surface area (Å²) in [6.07, 6.45) is 0.0452. The maximum atomic E-state index is 14.6. The van der Waals surface area contributed by atoms with Gasteiger partial charge in [0.1, 0.15) is 16.5 Å². The lowest BCUT2D eigenvalue weighted by Crippen LogP contribution is -2.50. The summed E-state index contributed by atoms with van der Waals surface area (Å²) in [5, 5.41) is 22.2. The van der Waals surface area contributed by atoms with Gasteiger partial charge in [-0.3, -0.25) is 9.59 Å². The second-order valence-electron chi connectivity index (χ2n) is 12.6. The third-order valence-electron chi connectivity index (χ3n) is 9.43. The lowest BCUT2D eigenvalue weighted by molar-refractivity contribution is -0.142. The summed E-state index contributed by atoms with van der Waals surface area (Å²) in [7, 11) is 0. The highest BCUT2D eigenvalue weighted by molar-refractivity contribution is 8.18. The molecule has 4 aliphatic rings. The minimum atomic E-state index is -0.975. The number of allylic oxidation sites excluding steroid dienone is 1. The van der Waals surface area contributed by atoms with Crippen molar-refractivity contribution >= 4 is 51.9 Å². The van der Waals surface area contributed by atoms with E-state index in [1.807, 2.05) is 55.5 Å². The van der Waals surface area contributed by atoms with Gasteiger partial charge in [-0.25, -0.2) is 4.99 Å². The Morgan fingerprint density at radius 3 is 2.16 bits per heavy atom. The second kappa shape index (κ2) is 12.0.